The molecule has 0 saturated carbocycles. The van der Waals surface area contributed by atoms with Gasteiger partial charge < -0.3 is 4.74 Å². The highest BCUT2D eigenvalue weighted by atomic mass is 32.1. The highest BCUT2D eigenvalue weighted by molar-refractivity contribution is 7.07. The Morgan fingerprint density at radius 2 is 1.80 bits per heavy atom. The fraction of sp³-hybridized carbons (Fsp3) is 0.231. The van der Waals surface area contributed by atoms with E-state index in [4.69, 9.17) is 4.74 Å². The van der Waals surface area contributed by atoms with Crippen LogP contribution in [0.4, 0.5) is 0 Å². The summed E-state index contributed by atoms with van der Waals surface area (Å²) in [6, 6.07) is 14.4. The van der Waals surface area contributed by atoms with Gasteiger partial charge in [0.1, 0.15) is 0 Å². The lowest BCUT2D eigenvalue weighted by Gasteiger charge is -2.24. The highest BCUT2D eigenvalue weighted by Crippen LogP contribution is 2.30. The average Bonchev–Trinajstić information content (AvgIpc) is 3.26. The van der Waals surface area contributed by atoms with Crippen molar-refractivity contribution in [1.29, 1.82) is 0 Å². The van der Waals surface area contributed by atoms with Crippen molar-refractivity contribution < 1.29 is 9.53 Å². The molecule has 2 aromatic heterocycles. The van der Waals surface area contributed by atoms with E-state index in [1.54, 1.807) is 47.7 Å². The third-order valence-corrected chi connectivity index (χ3v) is 7.21. The Bertz CT molecular complexity index is 1750. The van der Waals surface area contributed by atoms with Gasteiger partial charge in [0, 0.05) is 14.1 Å². The number of esters is 1. The topological polar surface area (TPSA) is 87.6 Å². The van der Waals surface area contributed by atoms with Crippen LogP contribution in [0, 0.1) is 0 Å². The lowest BCUT2D eigenvalue weighted by Crippen LogP contribution is -2.39. The Morgan fingerprint density at radius 3 is 2.51 bits per heavy atom. The second-order valence-corrected chi connectivity index (χ2v) is 9.37. The lowest BCUT2D eigenvalue weighted by molar-refractivity contribution is -0.139. The summed E-state index contributed by atoms with van der Waals surface area (Å²) in [6.07, 6.45) is 1.80. The molecule has 1 atom stereocenters. The van der Waals surface area contributed by atoms with Crippen molar-refractivity contribution in [2.24, 2.45) is 19.1 Å². The van der Waals surface area contributed by atoms with Crippen molar-refractivity contribution in [1.82, 2.24) is 13.7 Å². The molecule has 0 bridgehead atoms. The van der Waals surface area contributed by atoms with E-state index in [9.17, 15) is 14.4 Å². The first-order chi connectivity index (χ1) is 16.8. The van der Waals surface area contributed by atoms with Crippen LogP contribution in [0.25, 0.3) is 17.1 Å². The molecule has 0 amide bonds. The van der Waals surface area contributed by atoms with Crippen molar-refractivity contribution in [3.8, 4) is 0 Å². The molecule has 3 heterocycles. The van der Waals surface area contributed by atoms with E-state index < -0.39 is 12.0 Å². The molecule has 1 aliphatic rings. The normalized spacial score (nSPS) is 15.9. The van der Waals surface area contributed by atoms with Gasteiger partial charge in [-0.2, -0.15) is 0 Å². The molecule has 0 fully saturated rings. The molecule has 9 heteroatoms. The number of benzene rings is 2. The van der Waals surface area contributed by atoms with E-state index in [1.165, 1.54) is 11.3 Å². The molecular formula is C26H24N4O4S. The summed E-state index contributed by atoms with van der Waals surface area (Å²) in [5.41, 5.74) is 3.74. The maximum absolute atomic E-state index is 13.7. The first-order valence-electron chi connectivity index (χ1n) is 11.2. The maximum Gasteiger partial charge on any atom is 0.338 e. The van der Waals surface area contributed by atoms with Crippen molar-refractivity contribution in [3.05, 3.63) is 101 Å². The molecule has 0 aliphatic carbocycles. The molecular weight excluding hydrogens is 464 g/mol. The zero-order valence-electron chi connectivity index (χ0n) is 19.8. The van der Waals surface area contributed by atoms with Gasteiger partial charge >= 0.3 is 11.7 Å². The second kappa shape index (κ2) is 8.66. The Balaban J connectivity index is 1.72. The van der Waals surface area contributed by atoms with E-state index in [-0.39, 0.29) is 17.9 Å². The van der Waals surface area contributed by atoms with Crippen LogP contribution in [0.5, 0.6) is 0 Å². The number of carbonyl (C=O) groups excluding carboxylic acids is 1. The van der Waals surface area contributed by atoms with Crippen LogP contribution in [0.2, 0.25) is 0 Å². The second-order valence-electron chi connectivity index (χ2n) is 8.36. The molecule has 8 nitrogen and oxygen atoms in total. The monoisotopic (exact) mass is 488 g/mol. The number of rotatable bonds is 4. The summed E-state index contributed by atoms with van der Waals surface area (Å²) in [7, 11) is 3.46. The number of fused-ring (bicyclic) bond motifs is 2. The predicted molar refractivity (Wildman–Crippen MR) is 135 cm³/mol. The summed E-state index contributed by atoms with van der Waals surface area (Å²) in [6.45, 7) is 3.75. The van der Waals surface area contributed by atoms with Crippen LogP contribution in [-0.4, -0.2) is 26.3 Å². The third kappa shape index (κ3) is 3.68. The molecule has 2 aromatic carbocycles. The van der Waals surface area contributed by atoms with Gasteiger partial charge in [-0.05, 0) is 43.2 Å². The Morgan fingerprint density at radius 1 is 1.09 bits per heavy atom. The number of hydrogen-bond donors (Lipinski definition) is 0. The quantitative estimate of drug-likeness (QED) is 0.411. The predicted octanol–water partition coefficient (Wildman–Crippen LogP) is 1.99. The molecule has 0 spiro atoms. The smallest absolute Gasteiger partial charge is 0.338 e. The number of imidazole rings is 1. The summed E-state index contributed by atoms with van der Waals surface area (Å²) >= 11 is 1.27. The van der Waals surface area contributed by atoms with Crippen LogP contribution < -0.4 is 20.6 Å². The van der Waals surface area contributed by atoms with Gasteiger partial charge in [-0.3, -0.25) is 18.5 Å². The van der Waals surface area contributed by atoms with E-state index >= 15 is 0 Å². The fourth-order valence-electron chi connectivity index (χ4n) is 4.51. The summed E-state index contributed by atoms with van der Waals surface area (Å²) in [5, 5.41) is 0. The number of aromatic nitrogens is 3. The molecule has 5 rings (SSSR count). The van der Waals surface area contributed by atoms with Gasteiger partial charge in [0.2, 0.25) is 0 Å². The number of thiazole rings is 1. The maximum atomic E-state index is 13.7. The van der Waals surface area contributed by atoms with Crippen LogP contribution in [0.15, 0.2) is 74.4 Å². The van der Waals surface area contributed by atoms with Crippen LogP contribution in [0.1, 0.15) is 31.0 Å². The zero-order chi connectivity index (χ0) is 24.9. The van der Waals surface area contributed by atoms with Gasteiger partial charge in [-0.1, -0.05) is 47.7 Å². The number of allylic oxidation sites excluding steroid dienone is 1. The first-order valence-corrected chi connectivity index (χ1v) is 12.0. The number of nitrogens with zero attached hydrogens (tertiary/aromatic N) is 4. The van der Waals surface area contributed by atoms with Gasteiger partial charge in [0.05, 0.1) is 39.5 Å². The number of aryl methyl sites for hydroxylation is 2. The Hall–Kier alpha value is -3.98. The van der Waals surface area contributed by atoms with Crippen LogP contribution in [-0.2, 0) is 23.6 Å². The van der Waals surface area contributed by atoms with E-state index in [1.807, 2.05) is 48.5 Å². The molecule has 0 saturated heterocycles. The van der Waals surface area contributed by atoms with Crippen LogP contribution >= 0.6 is 11.3 Å². The van der Waals surface area contributed by atoms with E-state index in [0.29, 0.717) is 20.6 Å². The minimum absolute atomic E-state index is 0.110. The minimum Gasteiger partial charge on any atom is -0.463 e. The first kappa shape index (κ1) is 22.8. The van der Waals surface area contributed by atoms with Crippen molar-refractivity contribution >= 4 is 34.4 Å². The standard InChI is InChI=1S/C26H24N4O4S/c1-5-34-24(32)21-15(2)27-25-30(22(21)17-9-7-6-8-10-17)23(31)20(35-25)14-16-11-12-18-19(13-16)29(4)26(33)28(18)3/h6-14,22H,5H2,1-4H3/b20-14+/t22-/m1/s1. The Kier molecular flexibility index (Phi) is 5.64. The Labute approximate surface area is 204 Å². The molecule has 1 aliphatic heterocycles. The molecule has 178 valence electrons. The average molecular weight is 489 g/mol. The largest absolute Gasteiger partial charge is 0.463 e. The fourth-order valence-corrected chi connectivity index (χ4v) is 5.55. The van der Waals surface area contributed by atoms with Gasteiger partial charge in [-0.15, -0.1) is 0 Å². The zero-order valence-corrected chi connectivity index (χ0v) is 20.6. The summed E-state index contributed by atoms with van der Waals surface area (Å²) in [5.74, 6) is -0.479. The number of ether oxygens (including phenoxy) is 1. The van der Waals surface area contributed by atoms with Crippen molar-refractivity contribution in [2.75, 3.05) is 6.61 Å². The van der Waals surface area contributed by atoms with Gasteiger partial charge in [0.15, 0.2) is 4.80 Å². The number of carbonyl (C=O) groups is 1. The molecule has 0 radical (unpaired) electrons. The van der Waals surface area contributed by atoms with E-state index in [0.717, 1.165) is 22.2 Å². The van der Waals surface area contributed by atoms with Crippen molar-refractivity contribution in [2.45, 2.75) is 19.9 Å². The lowest BCUT2D eigenvalue weighted by atomic mass is 9.96. The molecule has 0 N–H and O–H groups in total. The molecule has 35 heavy (non-hydrogen) atoms. The number of hydrogen-bond acceptors (Lipinski definition) is 6. The van der Waals surface area contributed by atoms with E-state index in [2.05, 4.69) is 4.99 Å². The summed E-state index contributed by atoms with van der Waals surface area (Å²) in [4.78, 5) is 44.0. The van der Waals surface area contributed by atoms with Crippen LogP contribution in [0.3, 0.4) is 0 Å². The highest BCUT2D eigenvalue weighted by Gasteiger charge is 2.33. The van der Waals surface area contributed by atoms with Gasteiger partial charge in [0.25, 0.3) is 5.56 Å². The minimum atomic E-state index is -0.633. The molecule has 0 unspecified atom stereocenters. The summed E-state index contributed by atoms with van der Waals surface area (Å²) < 4.78 is 10.6. The SMILES string of the molecule is CCOC(=O)C1=C(C)N=c2s/c(=C/c3ccc4c(c3)n(C)c(=O)n4C)c(=O)n2[C@@H]1c1ccccc1. The van der Waals surface area contributed by atoms with Crippen molar-refractivity contribution in [3.63, 3.8) is 0 Å². The van der Waals surface area contributed by atoms with Gasteiger partial charge in [-0.25, -0.2) is 14.6 Å². The third-order valence-electron chi connectivity index (χ3n) is 6.23. The molecule has 4 aromatic rings.